The summed E-state index contributed by atoms with van der Waals surface area (Å²) in [6, 6.07) is 16.2. The molecular weight excluding hydrogens is 342 g/mol. The molecule has 1 atom stereocenters. The standard InChI is InChI=1S/C20H21N5O2/c1-3-14(2)22-19(26)15-9-11-16(12-10-15)23-20(27)18-13-21-25(24-18)17-7-5-4-6-8-17/h4-14H,3H2,1-2H3,(H,22,26)(H,23,27). The van der Waals surface area contributed by atoms with Crippen molar-refractivity contribution in [2.45, 2.75) is 26.3 Å². The van der Waals surface area contributed by atoms with Crippen LogP contribution in [0.25, 0.3) is 5.69 Å². The minimum absolute atomic E-state index is 0.115. The fraction of sp³-hybridized carbons (Fsp3) is 0.200. The largest absolute Gasteiger partial charge is 0.350 e. The van der Waals surface area contributed by atoms with E-state index in [4.69, 9.17) is 0 Å². The number of rotatable bonds is 6. The van der Waals surface area contributed by atoms with Crippen LogP contribution in [0.15, 0.2) is 60.8 Å². The van der Waals surface area contributed by atoms with Crippen LogP contribution in [0, 0.1) is 0 Å². The molecule has 0 aliphatic carbocycles. The van der Waals surface area contributed by atoms with E-state index in [9.17, 15) is 9.59 Å². The topological polar surface area (TPSA) is 88.9 Å². The number of carbonyl (C=O) groups is 2. The van der Waals surface area contributed by atoms with Crippen LogP contribution in [0.1, 0.15) is 41.1 Å². The number of anilines is 1. The van der Waals surface area contributed by atoms with Crippen molar-refractivity contribution in [2.24, 2.45) is 0 Å². The SMILES string of the molecule is CCC(C)NC(=O)c1ccc(NC(=O)c2cnn(-c3ccccc3)n2)cc1. The van der Waals surface area contributed by atoms with Crippen molar-refractivity contribution in [3.63, 3.8) is 0 Å². The Morgan fingerprint density at radius 3 is 2.41 bits per heavy atom. The number of hydrogen-bond acceptors (Lipinski definition) is 4. The Kier molecular flexibility index (Phi) is 5.61. The van der Waals surface area contributed by atoms with Crippen molar-refractivity contribution in [2.75, 3.05) is 5.32 Å². The minimum Gasteiger partial charge on any atom is -0.350 e. The molecule has 0 aliphatic rings. The van der Waals surface area contributed by atoms with Crippen molar-refractivity contribution < 1.29 is 9.59 Å². The van der Waals surface area contributed by atoms with E-state index < -0.39 is 0 Å². The fourth-order valence-electron chi connectivity index (χ4n) is 2.36. The zero-order valence-corrected chi connectivity index (χ0v) is 15.2. The number of hydrogen-bond donors (Lipinski definition) is 2. The van der Waals surface area contributed by atoms with Gasteiger partial charge in [0.05, 0.1) is 11.9 Å². The van der Waals surface area contributed by atoms with Crippen molar-refractivity contribution in [3.05, 3.63) is 72.1 Å². The molecule has 0 aliphatic heterocycles. The summed E-state index contributed by atoms with van der Waals surface area (Å²) in [4.78, 5) is 25.8. The van der Waals surface area contributed by atoms with Gasteiger partial charge in [0, 0.05) is 17.3 Å². The average Bonchev–Trinajstić information content (AvgIpc) is 3.19. The normalized spacial score (nSPS) is 11.6. The molecule has 0 bridgehead atoms. The second kappa shape index (κ2) is 8.27. The zero-order chi connectivity index (χ0) is 19.2. The van der Waals surface area contributed by atoms with Gasteiger partial charge >= 0.3 is 0 Å². The number of para-hydroxylation sites is 1. The van der Waals surface area contributed by atoms with Gasteiger partial charge in [0.25, 0.3) is 11.8 Å². The Balaban J connectivity index is 1.64. The van der Waals surface area contributed by atoms with Gasteiger partial charge in [-0.2, -0.15) is 9.90 Å². The number of amides is 2. The van der Waals surface area contributed by atoms with E-state index in [2.05, 4.69) is 20.8 Å². The first-order valence-electron chi connectivity index (χ1n) is 8.77. The first kappa shape index (κ1) is 18.3. The summed E-state index contributed by atoms with van der Waals surface area (Å²) < 4.78 is 0. The summed E-state index contributed by atoms with van der Waals surface area (Å²) in [6.07, 6.45) is 2.28. The molecule has 3 aromatic rings. The van der Waals surface area contributed by atoms with Gasteiger partial charge in [0.1, 0.15) is 0 Å². The quantitative estimate of drug-likeness (QED) is 0.704. The molecular formula is C20H21N5O2. The lowest BCUT2D eigenvalue weighted by atomic mass is 10.1. The van der Waals surface area contributed by atoms with E-state index in [1.54, 1.807) is 24.3 Å². The second-order valence-corrected chi connectivity index (χ2v) is 6.17. The average molecular weight is 363 g/mol. The highest BCUT2D eigenvalue weighted by Gasteiger charge is 2.13. The van der Waals surface area contributed by atoms with Gasteiger partial charge < -0.3 is 10.6 Å². The molecule has 1 heterocycles. The van der Waals surface area contributed by atoms with Gasteiger partial charge in [0.15, 0.2) is 5.69 Å². The summed E-state index contributed by atoms with van der Waals surface area (Å²) in [7, 11) is 0. The van der Waals surface area contributed by atoms with Gasteiger partial charge in [0.2, 0.25) is 0 Å². The van der Waals surface area contributed by atoms with Crippen LogP contribution in [-0.2, 0) is 0 Å². The molecule has 138 valence electrons. The molecule has 3 rings (SSSR count). The highest BCUT2D eigenvalue weighted by molar-refractivity contribution is 6.03. The molecule has 7 nitrogen and oxygen atoms in total. The molecule has 2 aromatic carbocycles. The molecule has 0 saturated heterocycles. The minimum atomic E-state index is -0.367. The molecule has 0 saturated carbocycles. The van der Waals surface area contributed by atoms with Crippen LogP contribution in [0.5, 0.6) is 0 Å². The number of nitrogens with zero attached hydrogens (tertiary/aromatic N) is 3. The predicted octanol–water partition coefficient (Wildman–Crippen LogP) is 3.05. The Morgan fingerprint density at radius 2 is 1.74 bits per heavy atom. The predicted molar refractivity (Wildman–Crippen MR) is 103 cm³/mol. The van der Waals surface area contributed by atoms with Crippen LogP contribution < -0.4 is 10.6 Å². The summed E-state index contributed by atoms with van der Waals surface area (Å²) in [5.41, 5.74) is 2.10. The first-order valence-corrected chi connectivity index (χ1v) is 8.77. The molecule has 2 N–H and O–H groups in total. The van der Waals surface area contributed by atoms with Crippen LogP contribution in [0.4, 0.5) is 5.69 Å². The number of nitrogens with one attached hydrogen (secondary N) is 2. The lowest BCUT2D eigenvalue weighted by molar-refractivity contribution is 0.0938. The van der Waals surface area contributed by atoms with Crippen molar-refractivity contribution in [1.29, 1.82) is 0 Å². The van der Waals surface area contributed by atoms with E-state index in [-0.39, 0.29) is 23.6 Å². The van der Waals surface area contributed by atoms with E-state index in [1.165, 1.54) is 11.0 Å². The third kappa shape index (κ3) is 4.58. The maximum absolute atomic E-state index is 12.4. The molecule has 1 unspecified atom stereocenters. The van der Waals surface area contributed by atoms with E-state index in [0.717, 1.165) is 12.1 Å². The van der Waals surface area contributed by atoms with Gasteiger partial charge in [-0.15, -0.1) is 5.10 Å². The maximum atomic E-state index is 12.4. The zero-order valence-electron chi connectivity index (χ0n) is 15.2. The lowest BCUT2D eigenvalue weighted by Crippen LogP contribution is -2.31. The highest BCUT2D eigenvalue weighted by Crippen LogP contribution is 2.12. The van der Waals surface area contributed by atoms with Crippen molar-refractivity contribution in [3.8, 4) is 5.69 Å². The first-order chi connectivity index (χ1) is 13.1. The molecule has 27 heavy (non-hydrogen) atoms. The Morgan fingerprint density at radius 1 is 1.04 bits per heavy atom. The van der Waals surface area contributed by atoms with Crippen LogP contribution in [0.2, 0.25) is 0 Å². The van der Waals surface area contributed by atoms with E-state index in [1.807, 2.05) is 44.2 Å². The van der Waals surface area contributed by atoms with E-state index in [0.29, 0.717) is 11.3 Å². The third-order valence-corrected chi connectivity index (χ3v) is 4.11. The second-order valence-electron chi connectivity index (χ2n) is 6.17. The lowest BCUT2D eigenvalue weighted by Gasteiger charge is -2.11. The Bertz CT molecular complexity index is 919. The van der Waals surface area contributed by atoms with E-state index >= 15 is 0 Å². The number of aromatic nitrogens is 3. The van der Waals surface area contributed by atoms with Crippen LogP contribution in [0.3, 0.4) is 0 Å². The molecule has 0 spiro atoms. The fourth-order valence-corrected chi connectivity index (χ4v) is 2.36. The monoisotopic (exact) mass is 363 g/mol. The molecule has 1 aromatic heterocycles. The van der Waals surface area contributed by atoms with Gasteiger partial charge in [-0.3, -0.25) is 9.59 Å². The van der Waals surface area contributed by atoms with Gasteiger partial charge in [-0.1, -0.05) is 25.1 Å². The van der Waals surface area contributed by atoms with Crippen LogP contribution >= 0.6 is 0 Å². The van der Waals surface area contributed by atoms with Gasteiger partial charge in [-0.05, 0) is 49.7 Å². The molecule has 7 heteroatoms. The summed E-state index contributed by atoms with van der Waals surface area (Å²) in [5, 5.41) is 14.0. The number of benzene rings is 2. The smallest absolute Gasteiger partial charge is 0.277 e. The Hall–Kier alpha value is -3.48. The van der Waals surface area contributed by atoms with Crippen molar-refractivity contribution >= 4 is 17.5 Å². The van der Waals surface area contributed by atoms with Crippen molar-refractivity contribution in [1.82, 2.24) is 20.3 Å². The third-order valence-electron chi connectivity index (χ3n) is 4.11. The van der Waals surface area contributed by atoms with Crippen LogP contribution in [-0.4, -0.2) is 32.9 Å². The summed E-state index contributed by atoms with van der Waals surface area (Å²) in [6.45, 7) is 3.96. The molecule has 0 fully saturated rings. The summed E-state index contributed by atoms with van der Waals surface area (Å²) in [5.74, 6) is -0.498. The highest BCUT2D eigenvalue weighted by atomic mass is 16.2. The van der Waals surface area contributed by atoms with Gasteiger partial charge in [-0.25, -0.2) is 0 Å². The summed E-state index contributed by atoms with van der Waals surface area (Å²) >= 11 is 0. The molecule has 2 amide bonds. The molecule has 0 radical (unpaired) electrons. The number of carbonyl (C=O) groups excluding carboxylic acids is 2. The maximum Gasteiger partial charge on any atom is 0.277 e. The Labute approximate surface area is 157 Å².